The summed E-state index contributed by atoms with van der Waals surface area (Å²) in [4.78, 5) is 10.4. The summed E-state index contributed by atoms with van der Waals surface area (Å²) in [7, 11) is 1.68. The molecule has 5 nitrogen and oxygen atoms in total. The fourth-order valence-electron chi connectivity index (χ4n) is 2.10. The van der Waals surface area contributed by atoms with E-state index in [1.165, 1.54) is 11.6 Å². The number of benzene rings is 2. The van der Waals surface area contributed by atoms with Gasteiger partial charge in [0.1, 0.15) is 0 Å². The Kier molecular flexibility index (Phi) is 5.29. The monoisotopic (exact) mass is 286 g/mol. The number of rotatable bonds is 7. The van der Waals surface area contributed by atoms with E-state index in [9.17, 15) is 10.1 Å². The molecule has 0 aliphatic heterocycles. The molecule has 0 fully saturated rings. The largest absolute Gasteiger partial charge is 0.384 e. The highest BCUT2D eigenvalue weighted by atomic mass is 16.6. The van der Waals surface area contributed by atoms with Gasteiger partial charge in [-0.25, -0.2) is 0 Å². The molecular weight excluding hydrogens is 268 g/mol. The highest BCUT2D eigenvalue weighted by Gasteiger charge is 2.06. The summed E-state index contributed by atoms with van der Waals surface area (Å²) in [6, 6.07) is 14.7. The maximum atomic E-state index is 10.8. The molecule has 2 aromatic carbocycles. The lowest BCUT2D eigenvalue weighted by Crippen LogP contribution is -2.04. The lowest BCUT2D eigenvalue weighted by molar-refractivity contribution is -0.384. The summed E-state index contributed by atoms with van der Waals surface area (Å²) in [5, 5.41) is 14.1. The molecule has 0 amide bonds. The number of hydrogen-bond donors (Lipinski definition) is 1. The topological polar surface area (TPSA) is 64.4 Å². The first kappa shape index (κ1) is 15.0. The van der Waals surface area contributed by atoms with Crippen LogP contribution in [0, 0.1) is 10.1 Å². The molecule has 1 N–H and O–H groups in total. The molecule has 0 bridgehead atoms. The van der Waals surface area contributed by atoms with Crippen LogP contribution in [0.5, 0.6) is 0 Å². The number of nitro benzene ring substituents is 1. The molecular formula is C16H18N2O3. The van der Waals surface area contributed by atoms with E-state index in [0.717, 1.165) is 17.7 Å². The van der Waals surface area contributed by atoms with Gasteiger partial charge >= 0.3 is 0 Å². The molecule has 0 radical (unpaired) electrons. The number of methoxy groups -OCH3 is 1. The van der Waals surface area contributed by atoms with Crippen LogP contribution in [0.1, 0.15) is 11.1 Å². The number of nitrogens with zero attached hydrogens (tertiary/aromatic N) is 1. The van der Waals surface area contributed by atoms with Crippen LogP contribution >= 0.6 is 0 Å². The molecule has 0 saturated carbocycles. The van der Waals surface area contributed by atoms with E-state index in [-0.39, 0.29) is 10.6 Å². The summed E-state index contributed by atoms with van der Waals surface area (Å²) in [5.74, 6) is 0. The molecule has 0 aliphatic carbocycles. The van der Waals surface area contributed by atoms with Gasteiger partial charge in [-0.1, -0.05) is 30.3 Å². The van der Waals surface area contributed by atoms with Crippen LogP contribution in [0.4, 0.5) is 11.4 Å². The summed E-state index contributed by atoms with van der Waals surface area (Å²) in [6.45, 7) is 1.21. The van der Waals surface area contributed by atoms with E-state index < -0.39 is 0 Å². The van der Waals surface area contributed by atoms with Crippen molar-refractivity contribution in [1.82, 2.24) is 0 Å². The highest BCUT2D eigenvalue weighted by Crippen LogP contribution is 2.18. The average Bonchev–Trinajstić information content (AvgIpc) is 2.52. The standard InChI is InChI=1S/C16H18N2O3/c1-21-10-9-14-6-2-3-8-16(14)17-12-13-5-4-7-15(11-13)18(19)20/h2-8,11,17H,9-10,12H2,1H3. The SMILES string of the molecule is COCCc1ccccc1NCc1cccc([N+](=O)[O-])c1. The number of ether oxygens (including phenoxy) is 1. The maximum absolute atomic E-state index is 10.8. The van der Waals surface area contributed by atoms with Gasteiger partial charge in [0.05, 0.1) is 11.5 Å². The molecule has 0 aliphatic rings. The van der Waals surface area contributed by atoms with Crippen LogP contribution in [0.3, 0.4) is 0 Å². The van der Waals surface area contributed by atoms with Crippen molar-refractivity contribution in [3.05, 3.63) is 69.8 Å². The minimum Gasteiger partial charge on any atom is -0.384 e. The highest BCUT2D eigenvalue weighted by molar-refractivity contribution is 5.51. The van der Waals surface area contributed by atoms with Crippen LogP contribution in [0.2, 0.25) is 0 Å². The Hall–Kier alpha value is -2.40. The summed E-state index contributed by atoms with van der Waals surface area (Å²) < 4.78 is 5.10. The van der Waals surface area contributed by atoms with Crippen LogP contribution in [-0.4, -0.2) is 18.6 Å². The van der Waals surface area contributed by atoms with Crippen molar-refractivity contribution in [1.29, 1.82) is 0 Å². The van der Waals surface area contributed by atoms with E-state index in [4.69, 9.17) is 4.74 Å². The number of nitrogens with one attached hydrogen (secondary N) is 1. The second-order valence-electron chi connectivity index (χ2n) is 4.68. The second-order valence-corrected chi connectivity index (χ2v) is 4.68. The quantitative estimate of drug-likeness (QED) is 0.626. The fourth-order valence-corrected chi connectivity index (χ4v) is 2.10. The van der Waals surface area contributed by atoms with Gasteiger partial charge < -0.3 is 10.1 Å². The van der Waals surface area contributed by atoms with Crippen molar-refractivity contribution >= 4 is 11.4 Å². The van der Waals surface area contributed by atoms with E-state index in [2.05, 4.69) is 11.4 Å². The normalized spacial score (nSPS) is 10.3. The Morgan fingerprint density at radius 1 is 1.19 bits per heavy atom. The maximum Gasteiger partial charge on any atom is 0.269 e. The lowest BCUT2D eigenvalue weighted by atomic mass is 10.1. The van der Waals surface area contributed by atoms with Crippen LogP contribution in [-0.2, 0) is 17.7 Å². The third-order valence-electron chi connectivity index (χ3n) is 3.20. The second kappa shape index (κ2) is 7.40. The number of anilines is 1. The van der Waals surface area contributed by atoms with Gasteiger partial charge in [-0.2, -0.15) is 0 Å². The van der Waals surface area contributed by atoms with Crippen molar-refractivity contribution in [3.63, 3.8) is 0 Å². The smallest absolute Gasteiger partial charge is 0.269 e. The van der Waals surface area contributed by atoms with Gasteiger partial charge in [0.15, 0.2) is 0 Å². The molecule has 0 aromatic heterocycles. The van der Waals surface area contributed by atoms with Crippen molar-refractivity contribution in [2.45, 2.75) is 13.0 Å². The predicted molar refractivity (Wildman–Crippen MR) is 82.4 cm³/mol. The van der Waals surface area contributed by atoms with Crippen molar-refractivity contribution in [2.24, 2.45) is 0 Å². The number of hydrogen-bond acceptors (Lipinski definition) is 4. The molecule has 110 valence electrons. The zero-order valence-corrected chi connectivity index (χ0v) is 11.9. The zero-order chi connectivity index (χ0) is 15.1. The summed E-state index contributed by atoms with van der Waals surface area (Å²) in [6.07, 6.45) is 0.828. The molecule has 21 heavy (non-hydrogen) atoms. The minimum atomic E-state index is -0.379. The third-order valence-corrected chi connectivity index (χ3v) is 3.20. The first-order valence-corrected chi connectivity index (χ1v) is 6.75. The molecule has 0 heterocycles. The van der Waals surface area contributed by atoms with Gasteiger partial charge in [-0.05, 0) is 23.6 Å². The fraction of sp³-hybridized carbons (Fsp3) is 0.250. The average molecular weight is 286 g/mol. The molecule has 0 unspecified atom stereocenters. The summed E-state index contributed by atoms with van der Waals surface area (Å²) >= 11 is 0. The van der Waals surface area contributed by atoms with Gasteiger partial charge in [-0.15, -0.1) is 0 Å². The van der Waals surface area contributed by atoms with Gasteiger partial charge in [-0.3, -0.25) is 10.1 Å². The Balaban J connectivity index is 2.06. The molecule has 0 saturated heterocycles. The van der Waals surface area contributed by atoms with Gasteiger partial charge in [0.2, 0.25) is 0 Å². The zero-order valence-electron chi connectivity index (χ0n) is 11.9. The van der Waals surface area contributed by atoms with E-state index in [1.807, 2.05) is 24.3 Å². The minimum absolute atomic E-state index is 0.113. The first-order valence-electron chi connectivity index (χ1n) is 6.75. The Bertz CT molecular complexity index is 614. The third kappa shape index (κ3) is 4.29. The Morgan fingerprint density at radius 2 is 2.00 bits per heavy atom. The van der Waals surface area contributed by atoms with E-state index >= 15 is 0 Å². The van der Waals surface area contributed by atoms with E-state index in [1.54, 1.807) is 19.2 Å². The molecule has 2 aromatic rings. The van der Waals surface area contributed by atoms with Crippen molar-refractivity contribution < 1.29 is 9.66 Å². The molecule has 5 heteroatoms. The first-order chi connectivity index (χ1) is 10.2. The molecule has 2 rings (SSSR count). The van der Waals surface area contributed by atoms with Gasteiger partial charge in [0, 0.05) is 31.5 Å². The lowest BCUT2D eigenvalue weighted by Gasteiger charge is -2.11. The molecule has 0 spiro atoms. The van der Waals surface area contributed by atoms with Crippen LogP contribution < -0.4 is 5.32 Å². The van der Waals surface area contributed by atoms with Gasteiger partial charge in [0.25, 0.3) is 5.69 Å². The number of para-hydroxylation sites is 1. The predicted octanol–water partition coefficient (Wildman–Crippen LogP) is 3.40. The van der Waals surface area contributed by atoms with Crippen molar-refractivity contribution in [3.8, 4) is 0 Å². The van der Waals surface area contributed by atoms with Crippen LogP contribution in [0.15, 0.2) is 48.5 Å². The number of non-ortho nitro benzene ring substituents is 1. The molecule has 0 atom stereocenters. The Labute approximate surface area is 123 Å². The van der Waals surface area contributed by atoms with E-state index in [0.29, 0.717) is 13.2 Å². The Morgan fingerprint density at radius 3 is 2.76 bits per heavy atom. The van der Waals surface area contributed by atoms with Crippen molar-refractivity contribution in [2.75, 3.05) is 19.0 Å². The van der Waals surface area contributed by atoms with Crippen LogP contribution in [0.25, 0.3) is 0 Å². The number of nitro groups is 1. The summed E-state index contributed by atoms with van der Waals surface area (Å²) in [5.41, 5.74) is 3.19.